The number of H-pyrrole nitrogens is 1. The average Bonchev–Trinajstić information content (AvgIpc) is 2.75. The molecule has 2 rings (SSSR count). The van der Waals surface area contributed by atoms with Crippen LogP contribution in [0.1, 0.15) is 5.69 Å². The third kappa shape index (κ3) is 1.99. The Bertz CT molecular complexity index is 543. The topological polar surface area (TPSA) is 101 Å². The van der Waals surface area contributed by atoms with Gasteiger partial charge in [-0.25, -0.2) is 4.72 Å². The molecule has 2 N–H and O–H groups in total. The van der Waals surface area contributed by atoms with Gasteiger partial charge in [0.2, 0.25) is 5.88 Å². The van der Waals surface area contributed by atoms with Crippen LogP contribution >= 0.6 is 0 Å². The first-order valence-corrected chi connectivity index (χ1v) is 5.52. The summed E-state index contributed by atoms with van der Waals surface area (Å²) in [7, 11) is -3.66. The highest BCUT2D eigenvalue weighted by molar-refractivity contribution is 7.92. The zero-order valence-corrected chi connectivity index (χ0v) is 8.58. The summed E-state index contributed by atoms with van der Waals surface area (Å²) < 4.78 is 30.1. The van der Waals surface area contributed by atoms with E-state index in [1.165, 1.54) is 18.3 Å². The van der Waals surface area contributed by atoms with Crippen molar-refractivity contribution in [3.05, 3.63) is 24.0 Å². The largest absolute Gasteiger partial charge is 0.338 e. The SMILES string of the molecule is Cc1cc(NS(=O)(=O)c2ccn[nH]2)on1. The van der Waals surface area contributed by atoms with Gasteiger partial charge in [0.1, 0.15) is 0 Å². The fourth-order valence-corrected chi connectivity index (χ4v) is 1.88. The summed E-state index contributed by atoms with van der Waals surface area (Å²) in [6.45, 7) is 1.69. The van der Waals surface area contributed by atoms with Gasteiger partial charge in [-0.05, 0) is 13.0 Å². The molecule has 0 radical (unpaired) electrons. The quantitative estimate of drug-likeness (QED) is 0.796. The molecule has 0 unspecified atom stereocenters. The molecule has 2 aromatic heterocycles. The van der Waals surface area contributed by atoms with Crippen molar-refractivity contribution in [1.29, 1.82) is 0 Å². The van der Waals surface area contributed by atoms with Gasteiger partial charge in [-0.1, -0.05) is 5.16 Å². The number of nitrogens with one attached hydrogen (secondary N) is 2. The summed E-state index contributed by atoms with van der Waals surface area (Å²) in [5, 5.41) is 9.41. The smallest absolute Gasteiger partial charge is 0.281 e. The molecule has 15 heavy (non-hydrogen) atoms. The summed E-state index contributed by atoms with van der Waals surface area (Å²) in [6, 6.07) is 2.82. The Labute approximate surface area is 85.5 Å². The van der Waals surface area contributed by atoms with Crippen molar-refractivity contribution >= 4 is 15.9 Å². The van der Waals surface area contributed by atoms with E-state index in [-0.39, 0.29) is 10.9 Å². The molecule has 0 amide bonds. The van der Waals surface area contributed by atoms with Crippen LogP contribution in [0, 0.1) is 6.92 Å². The first kappa shape index (κ1) is 9.71. The number of hydrogen-bond donors (Lipinski definition) is 2. The van der Waals surface area contributed by atoms with Crippen LogP contribution in [-0.4, -0.2) is 23.8 Å². The number of hydrogen-bond acceptors (Lipinski definition) is 5. The van der Waals surface area contributed by atoms with Crippen molar-refractivity contribution in [2.45, 2.75) is 11.9 Å². The Morgan fingerprint density at radius 1 is 1.53 bits per heavy atom. The minimum absolute atomic E-state index is 0.0310. The Morgan fingerprint density at radius 2 is 2.33 bits per heavy atom. The van der Waals surface area contributed by atoms with Crippen molar-refractivity contribution < 1.29 is 12.9 Å². The Kier molecular flexibility index (Phi) is 2.19. The molecule has 0 fully saturated rings. The molecule has 0 aliphatic rings. The standard InChI is InChI=1S/C7H8N4O3S/c1-5-4-6(14-10-5)11-15(12,13)7-2-3-8-9-7/h2-4,11H,1H3,(H,8,9). The van der Waals surface area contributed by atoms with E-state index in [0.717, 1.165) is 0 Å². The molecule has 80 valence electrons. The predicted octanol–water partition coefficient (Wildman–Crippen LogP) is 0.507. The van der Waals surface area contributed by atoms with E-state index in [2.05, 4.69) is 20.1 Å². The first-order chi connectivity index (χ1) is 7.08. The normalized spacial score (nSPS) is 11.5. The van der Waals surface area contributed by atoms with Crippen molar-refractivity contribution in [1.82, 2.24) is 15.4 Å². The molecule has 8 heteroatoms. The molecule has 2 heterocycles. The van der Waals surface area contributed by atoms with E-state index >= 15 is 0 Å². The minimum Gasteiger partial charge on any atom is -0.338 e. The maximum absolute atomic E-state index is 11.6. The van der Waals surface area contributed by atoms with Crippen molar-refractivity contribution in [3.8, 4) is 0 Å². The second-order valence-corrected chi connectivity index (χ2v) is 4.51. The number of aromatic nitrogens is 3. The Morgan fingerprint density at radius 3 is 2.87 bits per heavy atom. The van der Waals surface area contributed by atoms with E-state index < -0.39 is 10.0 Å². The van der Waals surface area contributed by atoms with Gasteiger partial charge in [-0.2, -0.15) is 13.5 Å². The summed E-state index contributed by atoms with van der Waals surface area (Å²) in [5.41, 5.74) is 0.595. The van der Waals surface area contributed by atoms with Crippen LogP contribution in [0.4, 0.5) is 5.88 Å². The zero-order chi connectivity index (χ0) is 10.9. The number of sulfonamides is 1. The maximum Gasteiger partial charge on any atom is 0.281 e. The van der Waals surface area contributed by atoms with Gasteiger partial charge in [0.25, 0.3) is 10.0 Å². The van der Waals surface area contributed by atoms with Crippen LogP contribution in [0.3, 0.4) is 0 Å². The highest BCUT2D eigenvalue weighted by Gasteiger charge is 2.17. The molecule has 0 aromatic carbocycles. The van der Waals surface area contributed by atoms with E-state index in [1.807, 2.05) is 0 Å². The lowest BCUT2D eigenvalue weighted by Crippen LogP contribution is -2.12. The monoisotopic (exact) mass is 228 g/mol. The molecule has 0 atom stereocenters. The second-order valence-electron chi connectivity index (χ2n) is 2.86. The number of aromatic amines is 1. The van der Waals surface area contributed by atoms with Crippen LogP contribution in [0.2, 0.25) is 0 Å². The van der Waals surface area contributed by atoms with Gasteiger partial charge in [-0.15, -0.1) is 0 Å². The van der Waals surface area contributed by atoms with Gasteiger partial charge in [0.15, 0.2) is 5.03 Å². The second kappa shape index (κ2) is 3.39. The molecule has 0 aliphatic carbocycles. The molecule has 0 bridgehead atoms. The van der Waals surface area contributed by atoms with E-state index in [9.17, 15) is 8.42 Å². The van der Waals surface area contributed by atoms with Crippen molar-refractivity contribution in [2.24, 2.45) is 0 Å². The predicted molar refractivity (Wildman–Crippen MR) is 50.6 cm³/mol. The highest BCUT2D eigenvalue weighted by atomic mass is 32.2. The molecule has 7 nitrogen and oxygen atoms in total. The van der Waals surface area contributed by atoms with Gasteiger partial charge < -0.3 is 4.52 Å². The van der Waals surface area contributed by atoms with E-state index in [4.69, 9.17) is 4.52 Å². The number of anilines is 1. The van der Waals surface area contributed by atoms with Gasteiger partial charge >= 0.3 is 0 Å². The van der Waals surface area contributed by atoms with Crippen LogP contribution in [0.15, 0.2) is 27.9 Å². The lowest BCUT2D eigenvalue weighted by Gasteiger charge is -2.00. The van der Waals surface area contributed by atoms with Crippen molar-refractivity contribution in [3.63, 3.8) is 0 Å². The van der Waals surface area contributed by atoms with E-state index in [0.29, 0.717) is 5.69 Å². The van der Waals surface area contributed by atoms with E-state index in [1.54, 1.807) is 6.92 Å². The third-order valence-corrected chi connectivity index (χ3v) is 2.90. The van der Waals surface area contributed by atoms with Gasteiger partial charge in [0, 0.05) is 6.07 Å². The summed E-state index contributed by atoms with van der Waals surface area (Å²) >= 11 is 0. The number of rotatable bonds is 3. The third-order valence-electron chi connectivity index (χ3n) is 1.63. The molecule has 2 aromatic rings. The minimum atomic E-state index is -3.66. The van der Waals surface area contributed by atoms with Crippen LogP contribution < -0.4 is 4.72 Å². The molecular formula is C7H8N4O3S. The molecule has 0 aliphatic heterocycles. The summed E-state index contributed by atoms with van der Waals surface area (Å²) in [5.74, 6) is 0.0714. The average molecular weight is 228 g/mol. The molecule has 0 saturated heterocycles. The van der Waals surface area contributed by atoms with Crippen molar-refractivity contribution in [2.75, 3.05) is 4.72 Å². The fraction of sp³-hybridized carbons (Fsp3) is 0.143. The molecule has 0 saturated carbocycles. The Hall–Kier alpha value is -1.83. The summed E-state index contributed by atoms with van der Waals surface area (Å²) in [6.07, 6.45) is 1.35. The first-order valence-electron chi connectivity index (χ1n) is 4.03. The number of nitrogens with zero attached hydrogens (tertiary/aromatic N) is 2. The lowest BCUT2D eigenvalue weighted by atomic mass is 10.5. The van der Waals surface area contributed by atoms with Crippen LogP contribution in [0.5, 0.6) is 0 Å². The summed E-state index contributed by atoms with van der Waals surface area (Å²) in [4.78, 5) is 0. The molecular weight excluding hydrogens is 220 g/mol. The number of aryl methyl sites for hydroxylation is 1. The zero-order valence-electron chi connectivity index (χ0n) is 7.76. The fourth-order valence-electron chi connectivity index (χ4n) is 0.992. The maximum atomic E-state index is 11.6. The molecule has 0 spiro atoms. The Balaban J connectivity index is 2.26. The lowest BCUT2D eigenvalue weighted by molar-refractivity contribution is 0.430. The highest BCUT2D eigenvalue weighted by Crippen LogP contribution is 2.14. The van der Waals surface area contributed by atoms with Crippen LogP contribution in [-0.2, 0) is 10.0 Å². The van der Waals surface area contributed by atoms with Gasteiger partial charge in [-0.3, -0.25) is 5.10 Å². The van der Waals surface area contributed by atoms with Gasteiger partial charge in [0.05, 0.1) is 11.9 Å². The van der Waals surface area contributed by atoms with Crippen LogP contribution in [0.25, 0.3) is 0 Å².